The fourth-order valence-electron chi connectivity index (χ4n) is 4.30. The van der Waals surface area contributed by atoms with Crippen LogP contribution < -0.4 is 5.32 Å². The van der Waals surface area contributed by atoms with E-state index in [1.54, 1.807) is 11.3 Å². The highest BCUT2D eigenvalue weighted by molar-refractivity contribution is 7.16. The van der Waals surface area contributed by atoms with Crippen LogP contribution in [-0.2, 0) is 0 Å². The molecule has 2 aliphatic rings. The fraction of sp³-hybridized carbons (Fsp3) is 0.280. The molecule has 0 amide bonds. The normalized spacial score (nSPS) is 18.5. The van der Waals surface area contributed by atoms with Gasteiger partial charge in [-0.05, 0) is 32.2 Å². The Morgan fingerprint density at radius 2 is 1.90 bits per heavy atom. The second-order valence-corrected chi connectivity index (χ2v) is 9.51. The van der Waals surface area contributed by atoms with Crippen molar-refractivity contribution in [3.63, 3.8) is 0 Å². The molecule has 3 heterocycles. The lowest BCUT2D eigenvalue weighted by molar-refractivity contribution is 0.0864. The molecule has 1 saturated heterocycles. The number of likely N-dealkylation sites (N-methyl/N-ethyl adjacent to an activating group) is 1. The highest BCUT2D eigenvalue weighted by Crippen LogP contribution is 2.39. The summed E-state index contributed by atoms with van der Waals surface area (Å²) in [6, 6.07) is 20.2. The highest BCUT2D eigenvalue weighted by atomic mass is 32.1. The third-order valence-corrected chi connectivity index (χ3v) is 7.03. The second-order valence-electron chi connectivity index (χ2n) is 8.25. The van der Waals surface area contributed by atoms with E-state index in [1.165, 1.54) is 4.88 Å². The maximum atomic E-state index is 12.9. The summed E-state index contributed by atoms with van der Waals surface area (Å²) in [7, 11) is 2.12. The molecule has 0 radical (unpaired) electrons. The van der Waals surface area contributed by atoms with Crippen LogP contribution in [0.3, 0.4) is 0 Å². The number of carbonyl (C=O) groups excluding carboxylic acids is 1. The maximum absolute atomic E-state index is 12.9. The van der Waals surface area contributed by atoms with Gasteiger partial charge in [0.1, 0.15) is 10.8 Å². The summed E-state index contributed by atoms with van der Waals surface area (Å²) in [6.07, 6.45) is 0.509. The van der Waals surface area contributed by atoms with Crippen molar-refractivity contribution in [1.29, 1.82) is 0 Å². The van der Waals surface area contributed by atoms with Gasteiger partial charge >= 0.3 is 0 Å². The number of Topliss-reactive ketones (excluding diaryl/α,β-unsaturated/α-hetero) is 1. The zero-order valence-electron chi connectivity index (χ0n) is 17.8. The van der Waals surface area contributed by atoms with Crippen LogP contribution >= 0.6 is 11.3 Å². The number of hydrogen-bond acceptors (Lipinski definition) is 6. The van der Waals surface area contributed by atoms with Gasteiger partial charge in [-0.25, -0.2) is 4.99 Å². The highest BCUT2D eigenvalue weighted by Gasteiger charge is 2.31. The number of aliphatic imine (C=N–C) groups is 1. The number of para-hydroxylation sites is 2. The number of aryl methyl sites for hydroxylation is 1. The molecule has 5 nitrogen and oxygen atoms in total. The summed E-state index contributed by atoms with van der Waals surface area (Å²) in [4.78, 5) is 23.9. The Morgan fingerprint density at radius 3 is 2.74 bits per heavy atom. The summed E-state index contributed by atoms with van der Waals surface area (Å²) in [6.45, 7) is 4.71. The third kappa shape index (κ3) is 4.01. The number of nitrogens with one attached hydrogen (secondary N) is 1. The molecule has 31 heavy (non-hydrogen) atoms. The van der Waals surface area contributed by atoms with E-state index in [1.807, 2.05) is 42.5 Å². The molecule has 2 aliphatic heterocycles. The number of fused-ring (bicyclic) bond motifs is 2. The zero-order chi connectivity index (χ0) is 21.4. The van der Waals surface area contributed by atoms with E-state index in [0.29, 0.717) is 6.42 Å². The fourth-order valence-corrected chi connectivity index (χ4v) is 5.22. The van der Waals surface area contributed by atoms with Gasteiger partial charge in [0.2, 0.25) is 0 Å². The lowest BCUT2D eigenvalue weighted by Gasteiger charge is -2.40. The Balaban J connectivity index is 1.45. The van der Waals surface area contributed by atoms with Crippen LogP contribution in [0.2, 0.25) is 0 Å². The Hall–Kier alpha value is -2.96. The van der Waals surface area contributed by atoms with Gasteiger partial charge in [-0.3, -0.25) is 9.69 Å². The third-order valence-electron chi connectivity index (χ3n) is 6.07. The van der Waals surface area contributed by atoms with Gasteiger partial charge in [-0.15, -0.1) is 11.3 Å². The molecule has 158 valence electrons. The average Bonchev–Trinajstić information content (AvgIpc) is 3.07. The molecule has 6 heteroatoms. The molecule has 1 fully saturated rings. The van der Waals surface area contributed by atoms with E-state index >= 15 is 0 Å². The molecule has 3 aromatic rings. The van der Waals surface area contributed by atoms with Gasteiger partial charge in [0.05, 0.1) is 16.9 Å². The molecule has 0 saturated carbocycles. The van der Waals surface area contributed by atoms with Gasteiger partial charge in [0.25, 0.3) is 0 Å². The molecule has 0 aliphatic carbocycles. The Morgan fingerprint density at radius 1 is 1.13 bits per heavy atom. The van der Waals surface area contributed by atoms with Gasteiger partial charge in [0.15, 0.2) is 5.78 Å². The minimum atomic E-state index is 0.152. The first-order valence-corrected chi connectivity index (χ1v) is 11.5. The summed E-state index contributed by atoms with van der Waals surface area (Å²) >= 11 is 1.76. The lowest BCUT2D eigenvalue weighted by atomic mass is 10.0. The second kappa shape index (κ2) is 8.29. The standard InChI is InChI=1S/C25H26N4OS/c1-17-14-20-24(26-21-10-6-7-11-22(21)27-25(20)31-17)29-13-12-28(2)19(16-29)15-23(30)18-8-4-3-5-9-18/h3-11,14,19,27H,12-13,15-16H2,1-2H3/t19-/m0/s1. The van der Waals surface area contributed by atoms with Crippen LogP contribution in [0.5, 0.6) is 0 Å². The van der Waals surface area contributed by atoms with Crippen LogP contribution in [0.1, 0.15) is 27.2 Å². The Kier molecular flexibility index (Phi) is 5.34. The number of piperazine rings is 1. The van der Waals surface area contributed by atoms with E-state index in [4.69, 9.17) is 4.99 Å². The number of thiophene rings is 1. The van der Waals surface area contributed by atoms with Crippen LogP contribution in [0, 0.1) is 6.92 Å². The first-order valence-electron chi connectivity index (χ1n) is 10.7. The van der Waals surface area contributed by atoms with E-state index in [2.05, 4.69) is 47.3 Å². The molecule has 1 aromatic heterocycles. The van der Waals surface area contributed by atoms with Crippen molar-refractivity contribution >= 4 is 39.3 Å². The molecule has 1 atom stereocenters. The zero-order valence-corrected chi connectivity index (χ0v) is 18.7. The van der Waals surface area contributed by atoms with Crippen molar-refractivity contribution in [3.8, 4) is 0 Å². The maximum Gasteiger partial charge on any atom is 0.164 e. The number of nitrogens with zero attached hydrogens (tertiary/aromatic N) is 3. The number of hydrogen-bond donors (Lipinski definition) is 1. The number of rotatable bonds is 3. The van der Waals surface area contributed by atoms with Crippen molar-refractivity contribution < 1.29 is 4.79 Å². The minimum Gasteiger partial charge on any atom is -0.353 e. The molecule has 0 bridgehead atoms. The number of benzene rings is 2. The van der Waals surface area contributed by atoms with Crippen molar-refractivity contribution in [1.82, 2.24) is 9.80 Å². The molecular weight excluding hydrogens is 404 g/mol. The van der Waals surface area contributed by atoms with Gasteiger partial charge < -0.3 is 10.2 Å². The van der Waals surface area contributed by atoms with Gasteiger partial charge in [-0.1, -0.05) is 42.5 Å². The molecule has 1 N–H and O–H groups in total. The van der Waals surface area contributed by atoms with Crippen LogP contribution in [0.4, 0.5) is 16.4 Å². The van der Waals surface area contributed by atoms with E-state index < -0.39 is 0 Å². The number of anilines is 2. The Labute approximate surface area is 187 Å². The van der Waals surface area contributed by atoms with Crippen molar-refractivity contribution in [3.05, 3.63) is 76.7 Å². The quantitative estimate of drug-likeness (QED) is 0.589. The number of amidine groups is 1. The van der Waals surface area contributed by atoms with E-state index in [0.717, 1.165) is 53.0 Å². The first kappa shape index (κ1) is 20.0. The summed E-state index contributed by atoms with van der Waals surface area (Å²) < 4.78 is 0. The predicted octanol–water partition coefficient (Wildman–Crippen LogP) is 5.08. The summed E-state index contributed by atoms with van der Waals surface area (Å²) in [5, 5.41) is 4.72. The summed E-state index contributed by atoms with van der Waals surface area (Å²) in [5.41, 5.74) is 3.92. The molecule has 0 unspecified atom stereocenters. The monoisotopic (exact) mass is 430 g/mol. The van der Waals surface area contributed by atoms with E-state index in [-0.39, 0.29) is 11.8 Å². The molecule has 5 rings (SSSR count). The lowest BCUT2D eigenvalue weighted by Crippen LogP contribution is -2.54. The van der Waals surface area contributed by atoms with Gasteiger partial charge in [0, 0.05) is 42.5 Å². The minimum absolute atomic E-state index is 0.152. The average molecular weight is 431 g/mol. The summed E-state index contributed by atoms with van der Waals surface area (Å²) in [5.74, 6) is 1.20. The largest absolute Gasteiger partial charge is 0.353 e. The van der Waals surface area contributed by atoms with Crippen molar-refractivity contribution in [2.75, 3.05) is 32.0 Å². The number of ketones is 1. The Bertz CT molecular complexity index is 1140. The number of carbonyl (C=O) groups is 1. The first-order chi connectivity index (χ1) is 15.1. The predicted molar refractivity (Wildman–Crippen MR) is 128 cm³/mol. The van der Waals surface area contributed by atoms with Crippen LogP contribution in [0.25, 0.3) is 0 Å². The molecular formula is C25H26N4OS. The van der Waals surface area contributed by atoms with Gasteiger partial charge in [-0.2, -0.15) is 0 Å². The van der Waals surface area contributed by atoms with Crippen molar-refractivity contribution in [2.24, 2.45) is 4.99 Å². The van der Waals surface area contributed by atoms with Crippen LogP contribution in [0.15, 0.2) is 65.7 Å². The van der Waals surface area contributed by atoms with E-state index in [9.17, 15) is 4.79 Å². The van der Waals surface area contributed by atoms with Crippen LogP contribution in [-0.4, -0.2) is 54.1 Å². The smallest absolute Gasteiger partial charge is 0.164 e. The molecule has 0 spiro atoms. The SMILES string of the molecule is Cc1cc2c(s1)Nc1ccccc1N=C2N1CCN(C)[C@@H](CC(=O)c2ccccc2)C1. The topological polar surface area (TPSA) is 47.9 Å². The van der Waals surface area contributed by atoms with Crippen molar-refractivity contribution in [2.45, 2.75) is 19.4 Å². The molecule has 2 aromatic carbocycles.